The molecule has 6 heteroatoms. The number of halogens is 3. The molecular formula is C11H9Br3N2O. The Bertz CT molecular complexity index is 520. The molecular weight excluding hydrogens is 416 g/mol. The third-order valence-electron chi connectivity index (χ3n) is 2.18. The van der Waals surface area contributed by atoms with Gasteiger partial charge in [0.2, 0.25) is 0 Å². The van der Waals surface area contributed by atoms with E-state index in [9.17, 15) is 0 Å². The van der Waals surface area contributed by atoms with E-state index in [0.29, 0.717) is 11.2 Å². The number of nitrogens with zero attached hydrogens (tertiary/aromatic N) is 1. The van der Waals surface area contributed by atoms with E-state index in [1.807, 2.05) is 19.1 Å². The highest BCUT2D eigenvalue weighted by molar-refractivity contribution is 9.13. The predicted octanol–water partition coefficient (Wildman–Crippen LogP) is 4.88. The minimum absolute atomic E-state index is 0.618. The normalized spacial score (nSPS) is 10.6. The van der Waals surface area contributed by atoms with Gasteiger partial charge in [0.05, 0.1) is 22.9 Å². The molecule has 3 nitrogen and oxygen atoms in total. The summed E-state index contributed by atoms with van der Waals surface area (Å²) < 4.78 is 7.96. The largest absolute Gasteiger partial charge is 0.451 e. The van der Waals surface area contributed by atoms with E-state index >= 15 is 0 Å². The summed E-state index contributed by atoms with van der Waals surface area (Å²) in [6.07, 6.45) is 1.78. The lowest BCUT2D eigenvalue weighted by Gasteiger charge is -2.05. The maximum atomic E-state index is 5.47. The van der Waals surface area contributed by atoms with E-state index in [2.05, 4.69) is 58.1 Å². The number of furan rings is 1. The molecule has 1 N–H and O–H groups in total. The predicted molar refractivity (Wildman–Crippen MR) is 78.1 cm³/mol. The Labute approximate surface area is 124 Å². The van der Waals surface area contributed by atoms with Crippen molar-refractivity contribution in [2.75, 3.05) is 5.32 Å². The minimum atomic E-state index is 0.618. The molecule has 0 amide bonds. The van der Waals surface area contributed by atoms with E-state index in [1.54, 1.807) is 6.20 Å². The standard InChI is InChI=1S/C11H9Br3N2O/c1-6-2-7(4-16-10(6)13)15-5-8-3-9(12)11(14)17-8/h2-4,15H,5H2,1H3. The summed E-state index contributed by atoms with van der Waals surface area (Å²) in [7, 11) is 0. The van der Waals surface area contributed by atoms with Crippen molar-refractivity contribution in [3.05, 3.63) is 43.4 Å². The number of pyridine rings is 1. The number of anilines is 1. The second kappa shape index (κ2) is 5.54. The highest BCUT2D eigenvalue weighted by atomic mass is 79.9. The van der Waals surface area contributed by atoms with Crippen LogP contribution >= 0.6 is 47.8 Å². The summed E-state index contributed by atoms with van der Waals surface area (Å²) in [5, 5.41) is 3.25. The van der Waals surface area contributed by atoms with Gasteiger partial charge in [-0.15, -0.1) is 0 Å². The lowest BCUT2D eigenvalue weighted by molar-refractivity contribution is 0.494. The monoisotopic (exact) mass is 422 g/mol. The molecule has 17 heavy (non-hydrogen) atoms. The van der Waals surface area contributed by atoms with Crippen LogP contribution in [-0.2, 0) is 6.54 Å². The van der Waals surface area contributed by atoms with Crippen molar-refractivity contribution in [3.8, 4) is 0 Å². The van der Waals surface area contributed by atoms with Crippen molar-refractivity contribution in [1.82, 2.24) is 4.98 Å². The Kier molecular flexibility index (Phi) is 4.27. The SMILES string of the molecule is Cc1cc(NCc2cc(Br)c(Br)o2)cnc1Br. The van der Waals surface area contributed by atoms with Crippen LogP contribution in [0.4, 0.5) is 5.69 Å². The number of hydrogen-bond donors (Lipinski definition) is 1. The molecule has 0 radical (unpaired) electrons. The molecule has 0 fully saturated rings. The zero-order valence-corrected chi connectivity index (χ0v) is 13.7. The number of rotatable bonds is 3. The Morgan fingerprint density at radius 1 is 1.29 bits per heavy atom. The van der Waals surface area contributed by atoms with Gasteiger partial charge in [0.15, 0.2) is 4.67 Å². The number of aromatic nitrogens is 1. The zero-order valence-electron chi connectivity index (χ0n) is 8.93. The van der Waals surface area contributed by atoms with Crippen molar-refractivity contribution >= 4 is 53.5 Å². The van der Waals surface area contributed by atoms with Crippen molar-refractivity contribution in [2.24, 2.45) is 0 Å². The lowest BCUT2D eigenvalue weighted by Crippen LogP contribution is -1.99. The molecule has 0 aliphatic carbocycles. The van der Waals surface area contributed by atoms with E-state index in [0.717, 1.165) is 26.1 Å². The van der Waals surface area contributed by atoms with Crippen molar-refractivity contribution in [1.29, 1.82) is 0 Å². The summed E-state index contributed by atoms with van der Waals surface area (Å²) in [4.78, 5) is 4.22. The van der Waals surface area contributed by atoms with Crippen molar-refractivity contribution in [3.63, 3.8) is 0 Å². The Morgan fingerprint density at radius 3 is 2.65 bits per heavy atom. The van der Waals surface area contributed by atoms with Crippen LogP contribution in [0.15, 0.2) is 36.5 Å². The second-order valence-corrected chi connectivity index (χ2v) is 5.85. The van der Waals surface area contributed by atoms with Crippen LogP contribution < -0.4 is 5.32 Å². The minimum Gasteiger partial charge on any atom is -0.451 e. The summed E-state index contributed by atoms with van der Waals surface area (Å²) >= 11 is 10.0. The zero-order chi connectivity index (χ0) is 12.4. The van der Waals surface area contributed by atoms with Gasteiger partial charge < -0.3 is 9.73 Å². The van der Waals surface area contributed by atoms with Crippen molar-refractivity contribution < 1.29 is 4.42 Å². The van der Waals surface area contributed by atoms with Crippen LogP contribution in [0.3, 0.4) is 0 Å². The van der Waals surface area contributed by atoms with Gasteiger partial charge >= 0.3 is 0 Å². The summed E-state index contributed by atoms with van der Waals surface area (Å²) in [5.41, 5.74) is 2.06. The van der Waals surface area contributed by atoms with Crippen LogP contribution in [-0.4, -0.2) is 4.98 Å². The first-order valence-corrected chi connectivity index (χ1v) is 7.24. The van der Waals surface area contributed by atoms with Gasteiger partial charge in [-0.1, -0.05) is 0 Å². The number of nitrogens with one attached hydrogen (secondary N) is 1. The molecule has 2 heterocycles. The Balaban J connectivity index is 2.04. The maximum absolute atomic E-state index is 5.47. The first kappa shape index (κ1) is 13.1. The average Bonchev–Trinajstić information content (AvgIpc) is 2.60. The molecule has 90 valence electrons. The fourth-order valence-electron chi connectivity index (χ4n) is 1.32. The van der Waals surface area contributed by atoms with Gasteiger partial charge in [-0.25, -0.2) is 4.98 Å². The molecule has 0 spiro atoms. The van der Waals surface area contributed by atoms with Crippen molar-refractivity contribution in [2.45, 2.75) is 13.5 Å². The molecule has 2 aromatic rings. The van der Waals surface area contributed by atoms with Gasteiger partial charge in [0, 0.05) is 0 Å². The number of hydrogen-bond acceptors (Lipinski definition) is 3. The highest BCUT2D eigenvalue weighted by Crippen LogP contribution is 2.27. The maximum Gasteiger partial charge on any atom is 0.183 e. The first-order chi connectivity index (χ1) is 8.06. The molecule has 0 unspecified atom stereocenters. The molecule has 0 saturated heterocycles. The molecule has 2 rings (SSSR count). The van der Waals surface area contributed by atoms with E-state index in [4.69, 9.17) is 4.42 Å². The quantitative estimate of drug-likeness (QED) is 0.713. The van der Waals surface area contributed by atoms with Crippen LogP contribution in [0.1, 0.15) is 11.3 Å². The third-order valence-corrected chi connectivity index (χ3v) is 4.72. The Morgan fingerprint density at radius 2 is 2.06 bits per heavy atom. The summed E-state index contributed by atoms with van der Waals surface area (Å²) in [5.74, 6) is 0.851. The molecule has 0 aliphatic rings. The Hall–Kier alpha value is -0.330. The van der Waals surface area contributed by atoms with Gasteiger partial charge in [-0.05, 0) is 72.4 Å². The highest BCUT2D eigenvalue weighted by Gasteiger charge is 2.06. The van der Waals surface area contributed by atoms with Gasteiger partial charge in [-0.3, -0.25) is 0 Å². The third kappa shape index (κ3) is 3.33. The van der Waals surface area contributed by atoms with E-state index in [-0.39, 0.29) is 0 Å². The van der Waals surface area contributed by atoms with Gasteiger partial charge in [0.1, 0.15) is 10.4 Å². The fraction of sp³-hybridized carbons (Fsp3) is 0.182. The lowest BCUT2D eigenvalue weighted by atomic mass is 10.3. The van der Waals surface area contributed by atoms with Gasteiger partial charge in [-0.2, -0.15) is 0 Å². The van der Waals surface area contributed by atoms with Crippen LogP contribution in [0.2, 0.25) is 0 Å². The molecule has 0 bridgehead atoms. The molecule has 0 saturated carbocycles. The smallest absolute Gasteiger partial charge is 0.183 e. The summed E-state index contributed by atoms with van der Waals surface area (Å²) in [6.45, 7) is 2.62. The van der Waals surface area contributed by atoms with Crippen LogP contribution in [0, 0.1) is 6.92 Å². The number of aryl methyl sites for hydroxylation is 1. The second-order valence-electron chi connectivity index (χ2n) is 3.52. The molecule has 0 atom stereocenters. The first-order valence-electron chi connectivity index (χ1n) is 4.86. The van der Waals surface area contributed by atoms with Crippen LogP contribution in [0.25, 0.3) is 0 Å². The molecule has 0 aromatic carbocycles. The summed E-state index contributed by atoms with van der Waals surface area (Å²) in [6, 6.07) is 3.96. The van der Waals surface area contributed by atoms with Crippen LogP contribution in [0.5, 0.6) is 0 Å². The molecule has 2 aromatic heterocycles. The molecule has 0 aliphatic heterocycles. The van der Waals surface area contributed by atoms with E-state index in [1.165, 1.54) is 0 Å². The van der Waals surface area contributed by atoms with Gasteiger partial charge in [0.25, 0.3) is 0 Å². The topological polar surface area (TPSA) is 38.1 Å². The van der Waals surface area contributed by atoms with E-state index < -0.39 is 0 Å². The fourth-order valence-corrected chi connectivity index (χ4v) is 2.20. The average molecular weight is 425 g/mol.